The summed E-state index contributed by atoms with van der Waals surface area (Å²) in [6, 6.07) is -0.320. The van der Waals surface area contributed by atoms with Gasteiger partial charge in [-0.25, -0.2) is 0 Å². The van der Waals surface area contributed by atoms with Crippen LogP contribution < -0.4 is 5.32 Å². The Morgan fingerprint density at radius 3 is 2.26 bits per heavy atom. The van der Waals surface area contributed by atoms with Crippen molar-refractivity contribution in [2.75, 3.05) is 6.54 Å². The van der Waals surface area contributed by atoms with Gasteiger partial charge in [-0.2, -0.15) is 0 Å². The molecule has 3 atom stereocenters. The predicted octanol–water partition coefficient (Wildman–Crippen LogP) is 2.18. The summed E-state index contributed by atoms with van der Waals surface area (Å²) >= 11 is 0. The van der Waals surface area contributed by atoms with Crippen LogP contribution in [0.2, 0.25) is 0 Å². The Balaban J connectivity index is 3.10. The van der Waals surface area contributed by atoms with Gasteiger partial charge in [0.1, 0.15) is 11.6 Å². The van der Waals surface area contributed by atoms with Crippen molar-refractivity contribution in [3.05, 3.63) is 0 Å². The second-order valence-electron chi connectivity index (χ2n) is 6.36. The third-order valence-corrected chi connectivity index (χ3v) is 4.19. The SMILES string of the molecule is CCC(C)C1C(=O)NC(C)(CC)C(=O)N1CC(C)C. The van der Waals surface area contributed by atoms with Crippen molar-refractivity contribution < 1.29 is 9.59 Å². The number of amides is 2. The molecule has 0 aromatic rings. The maximum absolute atomic E-state index is 12.7. The van der Waals surface area contributed by atoms with Crippen LogP contribution in [-0.4, -0.2) is 34.8 Å². The first-order chi connectivity index (χ1) is 8.76. The first kappa shape index (κ1) is 16.0. The van der Waals surface area contributed by atoms with Crippen LogP contribution in [0.25, 0.3) is 0 Å². The highest BCUT2D eigenvalue weighted by atomic mass is 16.2. The predicted molar refractivity (Wildman–Crippen MR) is 76.6 cm³/mol. The summed E-state index contributed by atoms with van der Waals surface area (Å²) in [6.45, 7) is 12.7. The lowest BCUT2D eigenvalue weighted by Gasteiger charge is -2.46. The number of nitrogens with one attached hydrogen (secondary N) is 1. The molecule has 0 spiro atoms. The van der Waals surface area contributed by atoms with Gasteiger partial charge in [0.2, 0.25) is 11.8 Å². The van der Waals surface area contributed by atoms with Gasteiger partial charge in [-0.3, -0.25) is 9.59 Å². The standard InChI is InChI=1S/C15H28N2O2/c1-7-11(5)12-13(18)16-15(6,8-2)14(19)17(12)9-10(3)4/h10-12H,7-9H2,1-6H3,(H,16,18). The number of hydrogen-bond donors (Lipinski definition) is 1. The zero-order valence-corrected chi connectivity index (χ0v) is 13.1. The van der Waals surface area contributed by atoms with Gasteiger partial charge in [0, 0.05) is 6.54 Å². The average Bonchev–Trinajstić information content (AvgIpc) is 2.34. The van der Waals surface area contributed by atoms with E-state index in [1.165, 1.54) is 0 Å². The second-order valence-corrected chi connectivity index (χ2v) is 6.36. The van der Waals surface area contributed by atoms with Crippen molar-refractivity contribution in [1.82, 2.24) is 10.2 Å². The molecule has 1 heterocycles. The molecule has 3 unspecified atom stereocenters. The quantitative estimate of drug-likeness (QED) is 0.831. The maximum Gasteiger partial charge on any atom is 0.248 e. The number of piperazine rings is 1. The molecule has 110 valence electrons. The van der Waals surface area contributed by atoms with Crippen molar-refractivity contribution in [2.45, 2.75) is 66.0 Å². The zero-order chi connectivity index (χ0) is 14.8. The van der Waals surface area contributed by atoms with Crippen molar-refractivity contribution in [3.8, 4) is 0 Å². The Hall–Kier alpha value is -1.06. The van der Waals surface area contributed by atoms with E-state index in [0.717, 1.165) is 6.42 Å². The van der Waals surface area contributed by atoms with Crippen molar-refractivity contribution in [1.29, 1.82) is 0 Å². The van der Waals surface area contributed by atoms with Gasteiger partial charge in [-0.15, -0.1) is 0 Å². The van der Waals surface area contributed by atoms with E-state index in [0.29, 0.717) is 18.9 Å². The van der Waals surface area contributed by atoms with E-state index in [1.54, 1.807) is 4.90 Å². The van der Waals surface area contributed by atoms with Crippen molar-refractivity contribution in [3.63, 3.8) is 0 Å². The van der Waals surface area contributed by atoms with E-state index < -0.39 is 5.54 Å². The minimum Gasteiger partial charge on any atom is -0.340 e. The minimum absolute atomic E-state index is 0.000972. The van der Waals surface area contributed by atoms with Crippen molar-refractivity contribution >= 4 is 11.8 Å². The van der Waals surface area contributed by atoms with Gasteiger partial charge in [0.25, 0.3) is 0 Å². The third kappa shape index (κ3) is 3.10. The molecule has 1 N–H and O–H groups in total. The van der Waals surface area contributed by atoms with Crippen LogP contribution in [-0.2, 0) is 9.59 Å². The highest BCUT2D eigenvalue weighted by molar-refractivity contribution is 5.99. The van der Waals surface area contributed by atoms with Crippen LogP contribution in [0.15, 0.2) is 0 Å². The van der Waals surface area contributed by atoms with Gasteiger partial charge < -0.3 is 10.2 Å². The van der Waals surface area contributed by atoms with E-state index >= 15 is 0 Å². The van der Waals surface area contributed by atoms with Gasteiger partial charge in [0.15, 0.2) is 0 Å². The molecule has 0 aromatic heterocycles. The van der Waals surface area contributed by atoms with Crippen LogP contribution in [0.4, 0.5) is 0 Å². The monoisotopic (exact) mass is 268 g/mol. The Kier molecular flexibility index (Phi) is 4.99. The van der Waals surface area contributed by atoms with Crippen LogP contribution >= 0.6 is 0 Å². The molecule has 19 heavy (non-hydrogen) atoms. The fourth-order valence-corrected chi connectivity index (χ4v) is 2.60. The largest absolute Gasteiger partial charge is 0.340 e. The first-order valence-corrected chi connectivity index (χ1v) is 7.39. The molecule has 1 aliphatic rings. The normalized spacial score (nSPS) is 29.6. The molecule has 1 rings (SSSR count). The fourth-order valence-electron chi connectivity index (χ4n) is 2.60. The Morgan fingerprint density at radius 1 is 1.26 bits per heavy atom. The molecule has 0 saturated carbocycles. The molecule has 4 nitrogen and oxygen atoms in total. The smallest absolute Gasteiger partial charge is 0.248 e. The van der Waals surface area contributed by atoms with Gasteiger partial charge in [0.05, 0.1) is 0 Å². The molecular formula is C15H28N2O2. The molecule has 2 amide bonds. The number of carbonyl (C=O) groups excluding carboxylic acids is 2. The molecule has 1 fully saturated rings. The molecular weight excluding hydrogens is 240 g/mol. The van der Waals surface area contributed by atoms with Crippen molar-refractivity contribution in [2.24, 2.45) is 11.8 Å². The summed E-state index contributed by atoms with van der Waals surface area (Å²) in [5.41, 5.74) is -0.740. The van der Waals surface area contributed by atoms with Crippen LogP contribution in [0.1, 0.15) is 54.4 Å². The van der Waals surface area contributed by atoms with Crippen LogP contribution in [0.5, 0.6) is 0 Å². The summed E-state index contributed by atoms with van der Waals surface area (Å²) in [5, 5.41) is 2.93. The van der Waals surface area contributed by atoms with E-state index in [9.17, 15) is 9.59 Å². The highest BCUT2D eigenvalue weighted by Gasteiger charge is 2.48. The Bertz CT molecular complexity index is 354. The molecule has 1 saturated heterocycles. The summed E-state index contributed by atoms with van der Waals surface area (Å²) in [7, 11) is 0. The van der Waals surface area contributed by atoms with E-state index in [4.69, 9.17) is 0 Å². The van der Waals surface area contributed by atoms with Crippen LogP contribution in [0.3, 0.4) is 0 Å². The van der Waals surface area contributed by atoms with E-state index in [1.807, 2.05) is 20.8 Å². The average molecular weight is 268 g/mol. The minimum atomic E-state index is -0.740. The maximum atomic E-state index is 12.7. The molecule has 1 aliphatic heterocycles. The topological polar surface area (TPSA) is 49.4 Å². The molecule has 0 aliphatic carbocycles. The lowest BCUT2D eigenvalue weighted by atomic mass is 9.86. The Labute approximate surface area is 116 Å². The van der Waals surface area contributed by atoms with Crippen LogP contribution in [0, 0.1) is 11.8 Å². The molecule has 0 bridgehead atoms. The number of nitrogens with zero attached hydrogens (tertiary/aromatic N) is 1. The first-order valence-electron chi connectivity index (χ1n) is 7.39. The summed E-state index contributed by atoms with van der Waals surface area (Å²) in [4.78, 5) is 26.9. The third-order valence-electron chi connectivity index (χ3n) is 4.19. The number of hydrogen-bond acceptors (Lipinski definition) is 2. The molecule has 0 aromatic carbocycles. The van der Waals surface area contributed by atoms with Gasteiger partial charge in [-0.05, 0) is 25.2 Å². The second kappa shape index (κ2) is 5.93. The Morgan fingerprint density at radius 2 is 1.84 bits per heavy atom. The number of rotatable bonds is 5. The molecule has 4 heteroatoms. The fraction of sp³-hybridized carbons (Fsp3) is 0.867. The lowest BCUT2D eigenvalue weighted by Crippen LogP contribution is -2.70. The van der Waals surface area contributed by atoms with Gasteiger partial charge in [-0.1, -0.05) is 41.0 Å². The van der Waals surface area contributed by atoms with Gasteiger partial charge >= 0.3 is 0 Å². The summed E-state index contributed by atoms with van der Waals surface area (Å²) in [6.07, 6.45) is 1.52. The number of carbonyl (C=O) groups is 2. The molecule has 0 radical (unpaired) electrons. The zero-order valence-electron chi connectivity index (χ0n) is 13.1. The lowest BCUT2D eigenvalue weighted by molar-refractivity contribution is -0.157. The van der Waals surface area contributed by atoms with E-state index in [2.05, 4.69) is 26.1 Å². The highest BCUT2D eigenvalue weighted by Crippen LogP contribution is 2.27. The van der Waals surface area contributed by atoms with E-state index in [-0.39, 0.29) is 23.8 Å². The summed E-state index contributed by atoms with van der Waals surface area (Å²) < 4.78 is 0. The summed E-state index contributed by atoms with van der Waals surface area (Å²) in [5.74, 6) is 0.610.